The fourth-order valence-corrected chi connectivity index (χ4v) is 1.39. The first-order valence-electron chi connectivity index (χ1n) is 5.35. The molecule has 0 spiro atoms. The molecule has 1 aromatic heterocycles. The minimum absolute atomic E-state index is 0.00376. The van der Waals surface area contributed by atoms with E-state index < -0.39 is 4.92 Å². The molecular formula is C11H13N3O3. The summed E-state index contributed by atoms with van der Waals surface area (Å²) in [5, 5.41) is 13.6. The number of nitrogens with zero attached hydrogens (tertiary/aromatic N) is 2. The summed E-state index contributed by atoms with van der Waals surface area (Å²) in [6.07, 6.45) is 0. The largest absolute Gasteiger partial charge is 0.423 e. The molecule has 0 saturated carbocycles. The maximum Gasteiger partial charge on any atom is 0.295 e. The highest BCUT2D eigenvalue weighted by Crippen LogP contribution is 2.23. The molecule has 2 rings (SSSR count). The first-order valence-corrected chi connectivity index (χ1v) is 5.35. The number of anilines is 1. The van der Waals surface area contributed by atoms with Crippen LogP contribution in [0.25, 0.3) is 11.1 Å². The van der Waals surface area contributed by atoms with Gasteiger partial charge in [-0.05, 0) is 12.0 Å². The molecule has 0 aliphatic rings. The number of benzene rings is 1. The van der Waals surface area contributed by atoms with Gasteiger partial charge in [-0.25, -0.2) is 0 Å². The summed E-state index contributed by atoms with van der Waals surface area (Å²) in [4.78, 5) is 14.3. The summed E-state index contributed by atoms with van der Waals surface area (Å²) in [6.45, 7) is 4.88. The number of oxazole rings is 1. The first kappa shape index (κ1) is 11.4. The third-order valence-electron chi connectivity index (χ3n) is 2.24. The van der Waals surface area contributed by atoms with Gasteiger partial charge in [-0.1, -0.05) is 13.8 Å². The summed E-state index contributed by atoms with van der Waals surface area (Å²) in [7, 11) is 0. The van der Waals surface area contributed by atoms with E-state index in [0.29, 0.717) is 23.0 Å². The molecule has 17 heavy (non-hydrogen) atoms. The lowest BCUT2D eigenvalue weighted by Crippen LogP contribution is -2.07. The zero-order valence-electron chi connectivity index (χ0n) is 9.64. The van der Waals surface area contributed by atoms with Crippen molar-refractivity contribution in [2.24, 2.45) is 5.92 Å². The van der Waals surface area contributed by atoms with Gasteiger partial charge in [-0.15, -0.1) is 0 Å². The molecule has 0 bridgehead atoms. The molecule has 1 heterocycles. The molecule has 6 nitrogen and oxygen atoms in total. The van der Waals surface area contributed by atoms with Crippen molar-refractivity contribution in [2.75, 3.05) is 11.9 Å². The standard InChI is InChI=1S/C11H13N3O3/c1-7(2)6-12-11-13-9-4-3-8(14(15)16)5-10(9)17-11/h3-5,7H,6H2,1-2H3,(H,12,13). The van der Waals surface area contributed by atoms with Crippen LogP contribution in [0.3, 0.4) is 0 Å². The first-order chi connectivity index (χ1) is 8.06. The van der Waals surface area contributed by atoms with E-state index in [4.69, 9.17) is 4.42 Å². The molecule has 0 unspecified atom stereocenters. The van der Waals surface area contributed by atoms with Gasteiger partial charge in [0.15, 0.2) is 5.58 Å². The highest BCUT2D eigenvalue weighted by molar-refractivity contribution is 5.77. The molecule has 0 saturated heterocycles. The van der Waals surface area contributed by atoms with Crippen LogP contribution in [-0.2, 0) is 0 Å². The number of hydrogen-bond acceptors (Lipinski definition) is 5. The van der Waals surface area contributed by atoms with Gasteiger partial charge in [0.1, 0.15) is 5.52 Å². The summed E-state index contributed by atoms with van der Waals surface area (Å²) >= 11 is 0. The normalized spacial score (nSPS) is 11.0. The quantitative estimate of drug-likeness (QED) is 0.650. The Labute approximate surface area is 97.8 Å². The van der Waals surface area contributed by atoms with Gasteiger partial charge < -0.3 is 9.73 Å². The average molecular weight is 235 g/mol. The van der Waals surface area contributed by atoms with Gasteiger partial charge in [0, 0.05) is 12.6 Å². The van der Waals surface area contributed by atoms with Crippen molar-refractivity contribution in [1.29, 1.82) is 0 Å². The van der Waals surface area contributed by atoms with E-state index >= 15 is 0 Å². The Morgan fingerprint density at radius 3 is 2.94 bits per heavy atom. The number of aromatic nitrogens is 1. The predicted molar refractivity (Wildman–Crippen MR) is 64.0 cm³/mol. The summed E-state index contributed by atoms with van der Waals surface area (Å²) in [5.74, 6) is 0.472. The lowest BCUT2D eigenvalue weighted by molar-refractivity contribution is -0.384. The number of rotatable bonds is 4. The van der Waals surface area contributed by atoms with Crippen molar-refractivity contribution in [3.8, 4) is 0 Å². The number of hydrogen-bond donors (Lipinski definition) is 1. The summed E-state index contributed by atoms with van der Waals surface area (Å²) in [5.41, 5.74) is 1.04. The highest BCUT2D eigenvalue weighted by atomic mass is 16.6. The maximum absolute atomic E-state index is 10.6. The minimum Gasteiger partial charge on any atom is -0.423 e. The van der Waals surface area contributed by atoms with Crippen molar-refractivity contribution in [1.82, 2.24) is 4.98 Å². The molecule has 0 amide bonds. The number of nitrogens with one attached hydrogen (secondary N) is 1. The Kier molecular flexibility index (Phi) is 2.95. The molecule has 90 valence electrons. The Morgan fingerprint density at radius 2 is 2.29 bits per heavy atom. The predicted octanol–water partition coefficient (Wildman–Crippen LogP) is 2.80. The Morgan fingerprint density at radius 1 is 1.53 bits per heavy atom. The second kappa shape index (κ2) is 4.40. The van der Waals surface area contributed by atoms with Crippen molar-refractivity contribution in [2.45, 2.75) is 13.8 Å². The van der Waals surface area contributed by atoms with E-state index in [1.165, 1.54) is 12.1 Å². The summed E-state index contributed by atoms with van der Waals surface area (Å²) < 4.78 is 5.38. The molecule has 0 atom stereocenters. The van der Waals surface area contributed by atoms with Crippen LogP contribution in [0, 0.1) is 16.0 Å². The van der Waals surface area contributed by atoms with Crippen LogP contribution in [0.15, 0.2) is 22.6 Å². The van der Waals surface area contributed by atoms with Crippen LogP contribution in [0.5, 0.6) is 0 Å². The maximum atomic E-state index is 10.6. The van der Waals surface area contributed by atoms with Crippen LogP contribution in [-0.4, -0.2) is 16.5 Å². The molecule has 0 radical (unpaired) electrons. The zero-order valence-corrected chi connectivity index (χ0v) is 9.64. The lowest BCUT2D eigenvalue weighted by atomic mass is 10.2. The van der Waals surface area contributed by atoms with Crippen LogP contribution in [0.1, 0.15) is 13.8 Å². The fourth-order valence-electron chi connectivity index (χ4n) is 1.39. The Hall–Kier alpha value is -2.11. The second-order valence-electron chi connectivity index (χ2n) is 4.20. The molecule has 2 aromatic rings. The topological polar surface area (TPSA) is 81.2 Å². The smallest absolute Gasteiger partial charge is 0.295 e. The van der Waals surface area contributed by atoms with Crippen LogP contribution in [0.4, 0.5) is 11.7 Å². The van der Waals surface area contributed by atoms with E-state index in [-0.39, 0.29) is 5.69 Å². The lowest BCUT2D eigenvalue weighted by Gasteiger charge is -2.03. The van der Waals surface area contributed by atoms with Crippen LogP contribution in [0.2, 0.25) is 0 Å². The van der Waals surface area contributed by atoms with Crippen molar-refractivity contribution in [3.63, 3.8) is 0 Å². The Balaban J connectivity index is 2.27. The van der Waals surface area contributed by atoms with E-state index in [0.717, 1.165) is 6.54 Å². The van der Waals surface area contributed by atoms with E-state index in [1.807, 2.05) is 0 Å². The molecule has 0 aliphatic heterocycles. The van der Waals surface area contributed by atoms with Gasteiger partial charge in [-0.3, -0.25) is 10.1 Å². The SMILES string of the molecule is CC(C)CNc1nc2ccc([N+](=O)[O-])cc2o1. The van der Waals surface area contributed by atoms with E-state index in [2.05, 4.69) is 24.1 Å². The highest BCUT2D eigenvalue weighted by Gasteiger charge is 2.11. The second-order valence-corrected chi connectivity index (χ2v) is 4.20. The molecule has 1 N–H and O–H groups in total. The average Bonchev–Trinajstić information content (AvgIpc) is 2.67. The molecule has 0 fully saturated rings. The molecule has 1 aromatic carbocycles. The molecular weight excluding hydrogens is 222 g/mol. The van der Waals surface area contributed by atoms with Gasteiger partial charge in [0.05, 0.1) is 11.0 Å². The number of nitro benzene ring substituents is 1. The van der Waals surface area contributed by atoms with Crippen molar-refractivity contribution >= 4 is 22.8 Å². The fraction of sp³-hybridized carbons (Fsp3) is 0.364. The number of fused-ring (bicyclic) bond motifs is 1. The van der Waals surface area contributed by atoms with E-state index in [1.54, 1.807) is 6.07 Å². The van der Waals surface area contributed by atoms with Crippen molar-refractivity contribution in [3.05, 3.63) is 28.3 Å². The minimum atomic E-state index is -0.455. The third-order valence-corrected chi connectivity index (χ3v) is 2.24. The van der Waals surface area contributed by atoms with Gasteiger partial charge in [0.25, 0.3) is 11.7 Å². The molecule has 6 heteroatoms. The third kappa shape index (κ3) is 2.52. The van der Waals surface area contributed by atoms with Crippen molar-refractivity contribution < 1.29 is 9.34 Å². The zero-order chi connectivity index (χ0) is 12.4. The van der Waals surface area contributed by atoms with Crippen LogP contribution >= 0.6 is 0 Å². The monoisotopic (exact) mass is 235 g/mol. The van der Waals surface area contributed by atoms with Gasteiger partial charge in [0.2, 0.25) is 0 Å². The van der Waals surface area contributed by atoms with E-state index in [9.17, 15) is 10.1 Å². The summed E-state index contributed by atoms with van der Waals surface area (Å²) in [6, 6.07) is 4.77. The van der Waals surface area contributed by atoms with Gasteiger partial charge >= 0.3 is 0 Å². The molecule has 0 aliphatic carbocycles. The number of non-ortho nitro benzene ring substituents is 1. The number of nitro groups is 1. The van der Waals surface area contributed by atoms with Crippen LogP contribution < -0.4 is 5.32 Å². The van der Waals surface area contributed by atoms with Gasteiger partial charge in [-0.2, -0.15) is 4.98 Å². The Bertz CT molecular complexity index is 548.